The lowest BCUT2D eigenvalue weighted by atomic mass is 10.3. The summed E-state index contributed by atoms with van der Waals surface area (Å²) in [4.78, 5) is 5.13. The highest BCUT2D eigenvalue weighted by Crippen LogP contribution is 2.21. The minimum Gasteiger partial charge on any atom is -0.388 e. The molecule has 21 heavy (non-hydrogen) atoms. The molecule has 112 valence electrons. The van der Waals surface area contributed by atoms with Gasteiger partial charge in [0.15, 0.2) is 0 Å². The highest BCUT2D eigenvalue weighted by Gasteiger charge is 2.14. The van der Waals surface area contributed by atoms with E-state index in [0.29, 0.717) is 16.5 Å². The number of nitrogens with one attached hydrogen (secondary N) is 1. The minimum absolute atomic E-state index is 0.0757. The van der Waals surface area contributed by atoms with Gasteiger partial charge in [-0.3, -0.25) is 4.98 Å². The summed E-state index contributed by atoms with van der Waals surface area (Å²) in [7, 11) is -3.59. The SMILES string of the molecule is NC(=S)c1ccc(S(=O)(=O)NCCc2ccc(Cl)s2)cn1. The van der Waals surface area contributed by atoms with Crippen LogP contribution in [0, 0.1) is 0 Å². The monoisotopic (exact) mass is 361 g/mol. The summed E-state index contributed by atoms with van der Waals surface area (Å²) in [6, 6.07) is 6.57. The second-order valence-electron chi connectivity index (χ2n) is 4.10. The van der Waals surface area contributed by atoms with E-state index in [-0.39, 0.29) is 16.4 Å². The second kappa shape index (κ2) is 6.80. The largest absolute Gasteiger partial charge is 0.388 e. The van der Waals surface area contributed by atoms with Gasteiger partial charge in [0, 0.05) is 17.6 Å². The van der Waals surface area contributed by atoms with Gasteiger partial charge in [0.2, 0.25) is 10.0 Å². The molecule has 2 aromatic heterocycles. The molecule has 0 unspecified atom stereocenters. The van der Waals surface area contributed by atoms with Crippen LogP contribution in [0.1, 0.15) is 10.6 Å². The summed E-state index contributed by atoms with van der Waals surface area (Å²) in [5, 5.41) is 0. The van der Waals surface area contributed by atoms with Crippen molar-refractivity contribution in [3.05, 3.63) is 45.4 Å². The number of pyridine rings is 1. The third-order valence-corrected chi connectivity index (χ3v) is 5.54. The van der Waals surface area contributed by atoms with E-state index in [9.17, 15) is 8.42 Å². The fourth-order valence-electron chi connectivity index (χ4n) is 1.56. The van der Waals surface area contributed by atoms with Crippen LogP contribution >= 0.6 is 35.2 Å². The summed E-state index contributed by atoms with van der Waals surface area (Å²) in [5.74, 6) is 0. The number of nitrogens with zero attached hydrogens (tertiary/aromatic N) is 1. The predicted molar refractivity (Wildman–Crippen MR) is 88.3 cm³/mol. The zero-order valence-corrected chi connectivity index (χ0v) is 14.0. The Balaban J connectivity index is 1.99. The molecular weight excluding hydrogens is 350 g/mol. The number of aromatic nitrogens is 1. The average molecular weight is 362 g/mol. The molecule has 3 N–H and O–H groups in total. The van der Waals surface area contributed by atoms with E-state index >= 15 is 0 Å². The van der Waals surface area contributed by atoms with E-state index in [4.69, 9.17) is 29.6 Å². The lowest BCUT2D eigenvalue weighted by molar-refractivity contribution is 0.581. The van der Waals surface area contributed by atoms with Crippen LogP contribution in [-0.4, -0.2) is 24.9 Å². The van der Waals surface area contributed by atoms with Gasteiger partial charge >= 0.3 is 0 Å². The van der Waals surface area contributed by atoms with Gasteiger partial charge in [0.05, 0.1) is 10.0 Å². The maximum Gasteiger partial charge on any atom is 0.242 e. The summed E-state index contributed by atoms with van der Waals surface area (Å²) in [6.45, 7) is 0.288. The van der Waals surface area contributed by atoms with Gasteiger partial charge in [-0.05, 0) is 30.7 Å². The molecule has 0 atom stereocenters. The molecule has 0 amide bonds. The quantitative estimate of drug-likeness (QED) is 0.768. The first-order valence-electron chi connectivity index (χ1n) is 5.88. The van der Waals surface area contributed by atoms with Crippen molar-refractivity contribution in [1.82, 2.24) is 9.71 Å². The Hall–Kier alpha value is -1.06. The first-order chi connectivity index (χ1) is 9.88. The Kier molecular flexibility index (Phi) is 5.28. The molecule has 0 radical (unpaired) electrons. The van der Waals surface area contributed by atoms with E-state index in [1.165, 1.54) is 29.7 Å². The van der Waals surface area contributed by atoms with Crippen LogP contribution < -0.4 is 10.5 Å². The molecule has 0 aliphatic heterocycles. The molecule has 0 saturated heterocycles. The molecular formula is C12H12ClN3O2S3. The van der Waals surface area contributed by atoms with Crippen molar-refractivity contribution in [3.8, 4) is 0 Å². The standard InChI is InChI=1S/C12H12ClN3O2S3/c13-11-4-1-8(20-11)5-6-16-21(17,18)9-2-3-10(12(14)19)15-7-9/h1-4,7,16H,5-6H2,(H2,14,19). The zero-order valence-electron chi connectivity index (χ0n) is 10.7. The van der Waals surface area contributed by atoms with Gasteiger partial charge in [-0.1, -0.05) is 23.8 Å². The maximum atomic E-state index is 12.1. The fraction of sp³-hybridized carbons (Fsp3) is 0.167. The molecule has 0 fully saturated rings. The first kappa shape index (κ1) is 16.3. The van der Waals surface area contributed by atoms with Crippen LogP contribution in [0.25, 0.3) is 0 Å². The van der Waals surface area contributed by atoms with Gasteiger partial charge in [-0.25, -0.2) is 13.1 Å². The van der Waals surface area contributed by atoms with Crippen LogP contribution in [0.2, 0.25) is 4.34 Å². The molecule has 0 aromatic carbocycles. The highest BCUT2D eigenvalue weighted by atomic mass is 35.5. The fourth-order valence-corrected chi connectivity index (χ4v) is 3.75. The van der Waals surface area contributed by atoms with Crippen molar-refractivity contribution in [2.45, 2.75) is 11.3 Å². The van der Waals surface area contributed by atoms with E-state index in [1.54, 1.807) is 6.07 Å². The summed E-state index contributed by atoms with van der Waals surface area (Å²) >= 11 is 12.0. The zero-order chi connectivity index (χ0) is 15.5. The van der Waals surface area contributed by atoms with Gasteiger partial charge < -0.3 is 5.73 Å². The maximum absolute atomic E-state index is 12.1. The molecule has 0 aliphatic carbocycles. The molecule has 0 spiro atoms. The van der Waals surface area contributed by atoms with E-state index in [1.807, 2.05) is 6.07 Å². The molecule has 2 rings (SSSR count). The van der Waals surface area contributed by atoms with Crippen LogP contribution in [0.5, 0.6) is 0 Å². The van der Waals surface area contributed by atoms with Crippen molar-refractivity contribution in [2.75, 3.05) is 6.54 Å². The van der Waals surface area contributed by atoms with E-state index < -0.39 is 10.0 Å². The number of thiocarbonyl (C=S) groups is 1. The van der Waals surface area contributed by atoms with Crippen molar-refractivity contribution in [1.29, 1.82) is 0 Å². The minimum atomic E-state index is -3.59. The third kappa shape index (κ3) is 4.45. The van der Waals surface area contributed by atoms with Gasteiger partial charge in [-0.2, -0.15) is 0 Å². The van der Waals surface area contributed by atoms with Crippen LogP contribution in [0.3, 0.4) is 0 Å². The van der Waals surface area contributed by atoms with Crippen LogP contribution in [0.15, 0.2) is 35.4 Å². The Morgan fingerprint density at radius 1 is 1.38 bits per heavy atom. The van der Waals surface area contributed by atoms with Crippen LogP contribution in [-0.2, 0) is 16.4 Å². The Labute approximate surface area is 137 Å². The summed E-state index contributed by atoms with van der Waals surface area (Å²) in [5.41, 5.74) is 5.80. The number of sulfonamides is 1. The Morgan fingerprint density at radius 2 is 2.14 bits per heavy atom. The van der Waals surface area contributed by atoms with Gasteiger partial charge in [-0.15, -0.1) is 11.3 Å². The normalized spacial score (nSPS) is 11.5. The molecule has 0 aliphatic rings. The number of hydrogen-bond donors (Lipinski definition) is 2. The smallest absolute Gasteiger partial charge is 0.242 e. The number of hydrogen-bond acceptors (Lipinski definition) is 5. The summed E-state index contributed by atoms with van der Waals surface area (Å²) in [6.07, 6.45) is 1.81. The molecule has 2 heterocycles. The molecule has 9 heteroatoms. The van der Waals surface area contributed by atoms with Gasteiger partial charge in [0.1, 0.15) is 9.88 Å². The van der Waals surface area contributed by atoms with Crippen molar-refractivity contribution in [2.24, 2.45) is 5.73 Å². The third-order valence-electron chi connectivity index (χ3n) is 2.59. The molecule has 2 aromatic rings. The summed E-state index contributed by atoms with van der Waals surface area (Å²) < 4.78 is 27.3. The topological polar surface area (TPSA) is 85.1 Å². The molecule has 0 bridgehead atoms. The van der Waals surface area contributed by atoms with Crippen molar-refractivity contribution in [3.63, 3.8) is 0 Å². The average Bonchev–Trinajstić information content (AvgIpc) is 2.84. The van der Waals surface area contributed by atoms with E-state index in [2.05, 4.69) is 9.71 Å². The first-order valence-corrected chi connectivity index (χ1v) is 8.97. The number of halogens is 1. The van der Waals surface area contributed by atoms with Gasteiger partial charge in [0.25, 0.3) is 0 Å². The Morgan fingerprint density at radius 3 is 2.67 bits per heavy atom. The van der Waals surface area contributed by atoms with Crippen LogP contribution in [0.4, 0.5) is 0 Å². The number of nitrogens with two attached hydrogens (primary N) is 1. The predicted octanol–water partition coefficient (Wildman–Crippen LogP) is 1.95. The highest BCUT2D eigenvalue weighted by molar-refractivity contribution is 7.89. The lowest BCUT2D eigenvalue weighted by Crippen LogP contribution is -2.26. The van der Waals surface area contributed by atoms with E-state index in [0.717, 1.165) is 4.88 Å². The van der Waals surface area contributed by atoms with Crippen molar-refractivity contribution < 1.29 is 8.42 Å². The second-order valence-corrected chi connectivity index (χ2v) is 8.10. The number of rotatable bonds is 6. The Bertz CT molecular complexity index is 741. The van der Waals surface area contributed by atoms with Crippen molar-refractivity contribution >= 4 is 50.2 Å². The molecule has 0 saturated carbocycles. The lowest BCUT2D eigenvalue weighted by Gasteiger charge is -2.06. The molecule has 5 nitrogen and oxygen atoms in total. The number of thiophene rings is 1.